The van der Waals surface area contributed by atoms with Gasteiger partial charge in [0, 0.05) is 82.9 Å². The van der Waals surface area contributed by atoms with E-state index in [4.69, 9.17) is 9.72 Å². The molecule has 5 heterocycles. The Kier molecular flexibility index (Phi) is 7.95. The van der Waals surface area contributed by atoms with Gasteiger partial charge in [0.1, 0.15) is 0 Å². The van der Waals surface area contributed by atoms with Crippen LogP contribution < -0.4 is 14.5 Å². The summed E-state index contributed by atoms with van der Waals surface area (Å²) >= 11 is 0. The van der Waals surface area contributed by atoms with Gasteiger partial charge in [-0.1, -0.05) is 105 Å². The van der Waals surface area contributed by atoms with Gasteiger partial charge in [-0.05, 0) is 58.8 Å². The molecule has 4 aromatic heterocycles. The monoisotopic (exact) mass is 941 g/mol. The first kappa shape index (κ1) is 35.5. The molecule has 7 heteroatoms. The van der Waals surface area contributed by atoms with Gasteiger partial charge in [-0.3, -0.25) is 0 Å². The Bertz CT molecular complexity index is 3470. The number of aromatic nitrogens is 3. The quantitative estimate of drug-likeness (QED) is 0.165. The number of hydrogen-bond donors (Lipinski definition) is 0. The van der Waals surface area contributed by atoms with Crippen LogP contribution in [0.15, 0.2) is 158 Å². The van der Waals surface area contributed by atoms with Crippen molar-refractivity contribution in [2.75, 3.05) is 9.80 Å². The first-order valence-electron chi connectivity index (χ1n) is 19.7. The number of rotatable bonds is 4. The van der Waals surface area contributed by atoms with Gasteiger partial charge in [0.2, 0.25) is 0 Å². The zero-order chi connectivity index (χ0) is 38.7. The maximum atomic E-state index is 6.66. The van der Waals surface area contributed by atoms with Gasteiger partial charge in [0.15, 0.2) is 5.65 Å². The molecule has 0 saturated heterocycles. The molecule has 0 spiro atoms. The van der Waals surface area contributed by atoms with E-state index in [0.717, 1.165) is 66.6 Å². The van der Waals surface area contributed by atoms with Gasteiger partial charge in [-0.15, -0.1) is 48.1 Å². The summed E-state index contributed by atoms with van der Waals surface area (Å²) in [4.78, 5) is 9.51. The van der Waals surface area contributed by atoms with E-state index in [0.29, 0.717) is 11.5 Å². The summed E-state index contributed by atoms with van der Waals surface area (Å²) < 4.78 is 11.3. The van der Waals surface area contributed by atoms with Gasteiger partial charge in [0.25, 0.3) is 0 Å². The Morgan fingerprint density at radius 2 is 1.14 bits per heavy atom. The minimum absolute atomic E-state index is 0. The average molecular weight is 942 g/mol. The minimum Gasteiger partial charge on any atom is -0.509 e. The number of para-hydroxylation sites is 5. The number of nitrogens with zero attached hydrogens (tertiary/aromatic N) is 5. The minimum atomic E-state index is 0. The first-order valence-corrected chi connectivity index (χ1v) is 19.7. The van der Waals surface area contributed by atoms with Gasteiger partial charge in [-0.2, -0.15) is 12.1 Å². The summed E-state index contributed by atoms with van der Waals surface area (Å²) in [5.74, 6) is 1.20. The van der Waals surface area contributed by atoms with E-state index in [9.17, 15) is 0 Å². The summed E-state index contributed by atoms with van der Waals surface area (Å²) in [6.07, 6.45) is 1.88. The SMILES string of the molecule is CC(C)(C)c1ccc(N2[CH-]N(c3[c-]c(Oc4[c-]c5c(cc4)c4cccc6c7cccc8c9ccccc9n(c9cccnc9n5c46)c87)ccc3)c3ccccc32)cc1.[Pt]. The molecule has 0 bridgehead atoms. The third-order valence-electron chi connectivity index (χ3n) is 11.8. The van der Waals surface area contributed by atoms with Crippen LogP contribution in [0.25, 0.3) is 65.5 Å². The van der Waals surface area contributed by atoms with Gasteiger partial charge < -0.3 is 23.3 Å². The van der Waals surface area contributed by atoms with E-state index in [1.165, 1.54) is 27.2 Å². The van der Waals surface area contributed by atoms with Crippen LogP contribution in [0.2, 0.25) is 0 Å². The fourth-order valence-electron chi connectivity index (χ4n) is 9.07. The number of fused-ring (bicyclic) bond motifs is 11. The molecule has 1 aliphatic rings. The van der Waals surface area contributed by atoms with E-state index < -0.39 is 0 Å². The zero-order valence-electron chi connectivity index (χ0n) is 32.5. The van der Waals surface area contributed by atoms with Crippen LogP contribution in [0.5, 0.6) is 11.5 Å². The van der Waals surface area contributed by atoms with Crippen molar-refractivity contribution < 1.29 is 25.8 Å². The average Bonchev–Trinajstić information content (AvgIpc) is 3.91. The molecule has 12 rings (SSSR count). The first-order chi connectivity index (χ1) is 28.4. The molecule has 0 amide bonds. The summed E-state index contributed by atoms with van der Waals surface area (Å²) in [6, 6.07) is 60.9. The van der Waals surface area contributed by atoms with Crippen LogP contribution in [0.3, 0.4) is 0 Å². The predicted molar refractivity (Wildman–Crippen MR) is 238 cm³/mol. The van der Waals surface area contributed by atoms with Crippen LogP contribution in [-0.4, -0.2) is 13.8 Å². The molecule has 0 aliphatic carbocycles. The molecule has 59 heavy (non-hydrogen) atoms. The maximum Gasteiger partial charge on any atom is 0.160 e. The summed E-state index contributed by atoms with van der Waals surface area (Å²) in [6.45, 7) is 8.86. The molecule has 1 aliphatic heterocycles. The Hall–Kier alpha value is -6.62. The second-order valence-electron chi connectivity index (χ2n) is 16.2. The van der Waals surface area contributed by atoms with E-state index >= 15 is 0 Å². The molecular formula is C52H36N5OPt-3. The number of anilines is 4. The van der Waals surface area contributed by atoms with E-state index in [-0.39, 0.29) is 26.5 Å². The predicted octanol–water partition coefficient (Wildman–Crippen LogP) is 13.4. The summed E-state index contributed by atoms with van der Waals surface area (Å²) in [7, 11) is 0. The summed E-state index contributed by atoms with van der Waals surface area (Å²) in [5, 5.41) is 7.00. The van der Waals surface area contributed by atoms with Crippen molar-refractivity contribution in [2.45, 2.75) is 26.2 Å². The number of pyridine rings is 1. The van der Waals surface area contributed by atoms with Crippen molar-refractivity contribution in [1.82, 2.24) is 13.8 Å². The Balaban J connectivity index is 0.00000397. The number of benzene rings is 7. The Morgan fingerprint density at radius 1 is 0.525 bits per heavy atom. The molecule has 0 saturated carbocycles. The Morgan fingerprint density at radius 3 is 1.90 bits per heavy atom. The molecule has 7 aromatic carbocycles. The van der Waals surface area contributed by atoms with Crippen molar-refractivity contribution in [3.8, 4) is 11.5 Å². The van der Waals surface area contributed by atoms with Gasteiger partial charge in [-0.25, -0.2) is 4.98 Å². The molecule has 0 radical (unpaired) electrons. The maximum absolute atomic E-state index is 6.66. The third-order valence-corrected chi connectivity index (χ3v) is 11.8. The standard InChI is InChI=1S/C52H36N5O.Pt/c1-52(2,3)33-23-25-34(26-24-33)54-32-55(46-21-7-6-20-45(46)54)35-12-8-13-36(30-35)58-37-27-28-39-41-16-10-18-43-42-17-9-15-40-38-14-4-5-19-44(38)56(49(40)42)47-22-11-29-53-51(47)57(50(41)43)48(39)31-37;/h4-29,32H,1-3H3;/q-3;. The molecule has 0 unspecified atom stereocenters. The molecular weight excluding hydrogens is 906 g/mol. The number of hydrogen-bond acceptors (Lipinski definition) is 4. The van der Waals surface area contributed by atoms with Crippen molar-refractivity contribution in [3.05, 3.63) is 182 Å². The Labute approximate surface area is 355 Å². The van der Waals surface area contributed by atoms with Gasteiger partial charge >= 0.3 is 0 Å². The summed E-state index contributed by atoms with van der Waals surface area (Å²) in [5.41, 5.74) is 11.7. The molecule has 6 nitrogen and oxygen atoms in total. The van der Waals surface area contributed by atoms with Crippen molar-refractivity contribution >= 4 is 88.3 Å². The van der Waals surface area contributed by atoms with E-state index in [2.05, 4.69) is 186 Å². The van der Waals surface area contributed by atoms with Crippen molar-refractivity contribution in [3.63, 3.8) is 0 Å². The topological polar surface area (TPSA) is 37.4 Å². The fourth-order valence-corrected chi connectivity index (χ4v) is 9.07. The second kappa shape index (κ2) is 13.2. The van der Waals surface area contributed by atoms with E-state index in [1.807, 2.05) is 30.5 Å². The van der Waals surface area contributed by atoms with Crippen LogP contribution in [0, 0.1) is 18.8 Å². The fraction of sp³-hybridized carbons (Fsp3) is 0.0769. The molecule has 0 fully saturated rings. The third kappa shape index (κ3) is 5.33. The molecule has 0 N–H and O–H groups in total. The van der Waals surface area contributed by atoms with E-state index in [1.54, 1.807) is 0 Å². The molecule has 0 atom stereocenters. The largest absolute Gasteiger partial charge is 0.509 e. The molecule has 11 aromatic rings. The van der Waals surface area contributed by atoms with Gasteiger partial charge in [0.05, 0.1) is 16.6 Å². The van der Waals surface area contributed by atoms with Crippen molar-refractivity contribution in [1.29, 1.82) is 0 Å². The normalized spacial score (nSPS) is 13.1. The van der Waals surface area contributed by atoms with Crippen LogP contribution in [-0.2, 0) is 26.5 Å². The van der Waals surface area contributed by atoms with Crippen molar-refractivity contribution in [2.24, 2.45) is 0 Å². The van der Waals surface area contributed by atoms with Crippen LogP contribution >= 0.6 is 0 Å². The number of ether oxygens (including phenoxy) is 1. The molecule has 288 valence electrons. The smallest absolute Gasteiger partial charge is 0.160 e. The second-order valence-corrected chi connectivity index (χ2v) is 16.2. The van der Waals surface area contributed by atoms with Crippen LogP contribution in [0.4, 0.5) is 22.7 Å². The van der Waals surface area contributed by atoms with Crippen LogP contribution in [0.1, 0.15) is 26.3 Å². The zero-order valence-corrected chi connectivity index (χ0v) is 34.8.